The molecule has 0 amide bonds. The summed E-state index contributed by atoms with van der Waals surface area (Å²) in [7, 11) is 0. The first-order valence-corrected chi connectivity index (χ1v) is 18.7. The molecule has 0 fully saturated rings. The number of fused-ring (bicyclic) bond motifs is 7. The second-order valence-corrected chi connectivity index (χ2v) is 14.3. The first-order chi connectivity index (χ1) is 27.2. The molecule has 0 bridgehead atoms. The molecule has 258 valence electrons. The number of aromatic nitrogens is 4. The van der Waals surface area contributed by atoms with Gasteiger partial charge >= 0.3 is 0 Å². The molecular weight excluding hydrogens is 669 g/mol. The Hall–Kier alpha value is -7.30. The fourth-order valence-electron chi connectivity index (χ4n) is 8.32. The molecule has 4 nitrogen and oxygen atoms in total. The molecule has 0 unspecified atom stereocenters. The fraction of sp³-hybridized carbons (Fsp3) is 0.0196. The van der Waals surface area contributed by atoms with Crippen molar-refractivity contribution in [2.75, 3.05) is 0 Å². The van der Waals surface area contributed by atoms with E-state index in [9.17, 15) is 0 Å². The summed E-state index contributed by atoms with van der Waals surface area (Å²) in [6, 6.07) is 67.3. The molecule has 8 aromatic carbocycles. The zero-order chi connectivity index (χ0) is 36.5. The Labute approximate surface area is 318 Å². The minimum absolute atomic E-state index is 0.877. The number of nitrogens with zero attached hydrogens (tertiary/aromatic N) is 4. The van der Waals surface area contributed by atoms with E-state index in [2.05, 4.69) is 174 Å². The molecule has 0 N–H and O–H groups in total. The standard InChI is InChI=1S/C51H34N4/c1-33-19-25-38(26-20-33)54-46-17-9-5-13-40(46)42-31-36(23-29-48(42)54)37-24-30-49-43(32-37)41-14-6-10-18-47(41)55(49)39-27-21-35(22-28-39)51-50(34-11-3-2-4-12-34)52-44-15-7-8-16-45(44)53-51/h2-32H,1H3. The zero-order valence-electron chi connectivity index (χ0n) is 30.2. The normalized spacial score (nSPS) is 11.7. The second-order valence-electron chi connectivity index (χ2n) is 14.3. The number of aryl methyl sites for hydroxylation is 1. The molecule has 0 aliphatic rings. The summed E-state index contributed by atoms with van der Waals surface area (Å²) in [5, 5.41) is 4.97. The molecule has 0 radical (unpaired) electrons. The van der Waals surface area contributed by atoms with Gasteiger partial charge in [-0.05, 0) is 90.8 Å². The van der Waals surface area contributed by atoms with Crippen molar-refractivity contribution in [3.05, 3.63) is 194 Å². The SMILES string of the molecule is Cc1ccc(-n2c3ccccc3c3cc(-c4ccc5c(c4)c4ccccc4n5-c4ccc(-c5nc6ccccc6nc5-c5ccccc5)cc4)ccc32)cc1. The van der Waals surface area contributed by atoms with Gasteiger partial charge in [0, 0.05) is 44.0 Å². The van der Waals surface area contributed by atoms with Gasteiger partial charge in [0.15, 0.2) is 0 Å². The predicted molar refractivity (Wildman–Crippen MR) is 229 cm³/mol. The van der Waals surface area contributed by atoms with Crippen LogP contribution in [0.5, 0.6) is 0 Å². The van der Waals surface area contributed by atoms with Gasteiger partial charge in [0.2, 0.25) is 0 Å². The summed E-state index contributed by atoms with van der Waals surface area (Å²) >= 11 is 0. The van der Waals surface area contributed by atoms with Crippen molar-refractivity contribution >= 4 is 54.6 Å². The predicted octanol–water partition coefficient (Wildman–Crippen LogP) is 13.1. The minimum atomic E-state index is 0.877. The zero-order valence-corrected chi connectivity index (χ0v) is 30.2. The summed E-state index contributed by atoms with van der Waals surface area (Å²) in [5.41, 5.74) is 16.3. The molecular formula is C51H34N4. The Morgan fingerprint density at radius 2 is 0.727 bits per heavy atom. The van der Waals surface area contributed by atoms with Crippen molar-refractivity contribution in [1.82, 2.24) is 19.1 Å². The van der Waals surface area contributed by atoms with Crippen LogP contribution in [0, 0.1) is 6.92 Å². The molecule has 3 aromatic heterocycles. The lowest BCUT2D eigenvalue weighted by molar-refractivity contribution is 1.17. The Balaban J connectivity index is 1.03. The maximum Gasteiger partial charge on any atom is 0.0973 e. The van der Waals surface area contributed by atoms with Gasteiger partial charge in [0.1, 0.15) is 0 Å². The van der Waals surface area contributed by atoms with Gasteiger partial charge in [0.25, 0.3) is 0 Å². The maximum absolute atomic E-state index is 5.14. The van der Waals surface area contributed by atoms with Crippen LogP contribution >= 0.6 is 0 Å². The van der Waals surface area contributed by atoms with Gasteiger partial charge in [-0.1, -0.05) is 121 Å². The van der Waals surface area contributed by atoms with Crippen LogP contribution in [0.2, 0.25) is 0 Å². The molecule has 11 rings (SSSR count). The second kappa shape index (κ2) is 12.4. The average Bonchev–Trinajstić information content (AvgIpc) is 3.76. The molecule has 0 atom stereocenters. The first-order valence-electron chi connectivity index (χ1n) is 18.7. The van der Waals surface area contributed by atoms with Crippen molar-refractivity contribution in [3.8, 4) is 45.0 Å². The molecule has 0 spiro atoms. The van der Waals surface area contributed by atoms with E-state index in [1.165, 1.54) is 66.0 Å². The Morgan fingerprint density at radius 3 is 1.25 bits per heavy atom. The van der Waals surface area contributed by atoms with Gasteiger partial charge in [-0.25, -0.2) is 9.97 Å². The largest absolute Gasteiger partial charge is 0.309 e. The number of hydrogen-bond acceptors (Lipinski definition) is 2. The third kappa shape index (κ3) is 5.07. The van der Waals surface area contributed by atoms with Crippen molar-refractivity contribution in [1.29, 1.82) is 0 Å². The topological polar surface area (TPSA) is 35.6 Å². The van der Waals surface area contributed by atoms with E-state index >= 15 is 0 Å². The highest BCUT2D eigenvalue weighted by Crippen LogP contribution is 2.39. The molecule has 0 saturated carbocycles. The Kier molecular flexibility index (Phi) is 7.04. The summed E-state index contributed by atoms with van der Waals surface area (Å²) in [4.78, 5) is 10.2. The van der Waals surface area contributed by atoms with E-state index in [0.29, 0.717) is 0 Å². The third-order valence-electron chi connectivity index (χ3n) is 11.0. The highest BCUT2D eigenvalue weighted by atomic mass is 15.0. The van der Waals surface area contributed by atoms with Gasteiger partial charge < -0.3 is 9.13 Å². The molecule has 0 aliphatic carbocycles. The van der Waals surface area contributed by atoms with Crippen LogP contribution < -0.4 is 0 Å². The summed E-state index contributed by atoms with van der Waals surface area (Å²) in [5.74, 6) is 0. The average molecular weight is 703 g/mol. The molecule has 11 aromatic rings. The molecule has 4 heteroatoms. The van der Waals surface area contributed by atoms with Gasteiger partial charge in [-0.3, -0.25) is 0 Å². The van der Waals surface area contributed by atoms with Crippen LogP contribution in [0.4, 0.5) is 0 Å². The summed E-state index contributed by atoms with van der Waals surface area (Å²) < 4.78 is 4.76. The van der Waals surface area contributed by atoms with E-state index in [-0.39, 0.29) is 0 Å². The van der Waals surface area contributed by atoms with Gasteiger partial charge in [0.05, 0.1) is 44.5 Å². The van der Waals surface area contributed by atoms with Crippen molar-refractivity contribution < 1.29 is 0 Å². The fourth-order valence-corrected chi connectivity index (χ4v) is 8.32. The van der Waals surface area contributed by atoms with Crippen LogP contribution in [0.15, 0.2) is 188 Å². The smallest absolute Gasteiger partial charge is 0.0973 e. The number of rotatable bonds is 5. The number of benzene rings is 8. The lowest BCUT2D eigenvalue weighted by Gasteiger charge is -2.12. The van der Waals surface area contributed by atoms with E-state index in [1.807, 2.05) is 30.3 Å². The Morgan fingerprint density at radius 1 is 0.327 bits per heavy atom. The monoisotopic (exact) mass is 702 g/mol. The van der Waals surface area contributed by atoms with Gasteiger partial charge in [-0.2, -0.15) is 0 Å². The van der Waals surface area contributed by atoms with E-state index in [0.717, 1.165) is 39.2 Å². The third-order valence-corrected chi connectivity index (χ3v) is 11.0. The molecule has 0 aliphatic heterocycles. The van der Waals surface area contributed by atoms with Crippen molar-refractivity contribution in [3.63, 3.8) is 0 Å². The number of para-hydroxylation sites is 4. The van der Waals surface area contributed by atoms with Crippen LogP contribution in [-0.4, -0.2) is 19.1 Å². The van der Waals surface area contributed by atoms with Crippen molar-refractivity contribution in [2.24, 2.45) is 0 Å². The minimum Gasteiger partial charge on any atom is -0.309 e. The van der Waals surface area contributed by atoms with E-state index < -0.39 is 0 Å². The van der Waals surface area contributed by atoms with E-state index in [1.54, 1.807) is 0 Å². The lowest BCUT2D eigenvalue weighted by atomic mass is 10.0. The lowest BCUT2D eigenvalue weighted by Crippen LogP contribution is -1.97. The highest BCUT2D eigenvalue weighted by molar-refractivity contribution is 6.12. The quantitative estimate of drug-likeness (QED) is 0.179. The number of hydrogen-bond donors (Lipinski definition) is 0. The molecule has 0 saturated heterocycles. The van der Waals surface area contributed by atoms with Gasteiger partial charge in [-0.15, -0.1) is 0 Å². The summed E-state index contributed by atoms with van der Waals surface area (Å²) in [6.07, 6.45) is 0. The maximum atomic E-state index is 5.14. The molecule has 3 heterocycles. The van der Waals surface area contributed by atoms with Crippen LogP contribution in [-0.2, 0) is 0 Å². The Bertz CT molecular complexity index is 3240. The van der Waals surface area contributed by atoms with Crippen LogP contribution in [0.1, 0.15) is 5.56 Å². The molecule has 55 heavy (non-hydrogen) atoms. The van der Waals surface area contributed by atoms with Crippen LogP contribution in [0.3, 0.4) is 0 Å². The highest BCUT2D eigenvalue weighted by Gasteiger charge is 2.18. The summed E-state index contributed by atoms with van der Waals surface area (Å²) in [6.45, 7) is 2.14. The first kappa shape index (κ1) is 31.2. The van der Waals surface area contributed by atoms with E-state index in [4.69, 9.17) is 9.97 Å². The van der Waals surface area contributed by atoms with Crippen LogP contribution in [0.25, 0.3) is 99.7 Å². The van der Waals surface area contributed by atoms with Crippen molar-refractivity contribution in [2.45, 2.75) is 6.92 Å².